The Hall–Kier alpha value is -6.30. The summed E-state index contributed by atoms with van der Waals surface area (Å²) in [5, 5.41) is 16.0. The smallest absolute Gasteiger partial charge is 0.188 e. The maximum Gasteiger partial charge on any atom is 0.188 e. The standard InChI is InChI=1S/C38H20N4O/c1-40-24-14-17-34-31(20-24)28-15-18-36-37(29-10-3-5-12-35(29)43-36)38(28)42(34)26-8-6-7-25(21-26)41-32-11-4-2-9-27(32)30-19-23(22-39)13-16-33(30)41/h2-21H. The van der Waals surface area contributed by atoms with Gasteiger partial charge >= 0.3 is 0 Å². The molecule has 9 aromatic rings. The summed E-state index contributed by atoms with van der Waals surface area (Å²) >= 11 is 0. The Morgan fingerprint density at radius 3 is 2.16 bits per heavy atom. The molecule has 0 bridgehead atoms. The molecule has 0 fully saturated rings. The molecule has 0 radical (unpaired) electrons. The molecule has 0 saturated heterocycles. The lowest BCUT2D eigenvalue weighted by Gasteiger charge is -2.13. The number of para-hydroxylation sites is 2. The third kappa shape index (κ3) is 3.19. The van der Waals surface area contributed by atoms with E-state index in [1.165, 1.54) is 0 Å². The van der Waals surface area contributed by atoms with Gasteiger partial charge in [-0.3, -0.25) is 0 Å². The third-order valence-electron chi connectivity index (χ3n) is 8.53. The van der Waals surface area contributed by atoms with E-state index in [0.29, 0.717) is 11.3 Å². The van der Waals surface area contributed by atoms with E-state index < -0.39 is 0 Å². The summed E-state index contributed by atoms with van der Waals surface area (Å²) in [6.45, 7) is 7.66. The Morgan fingerprint density at radius 1 is 0.581 bits per heavy atom. The van der Waals surface area contributed by atoms with Crippen LogP contribution in [0.2, 0.25) is 0 Å². The van der Waals surface area contributed by atoms with E-state index in [0.717, 1.165) is 76.9 Å². The monoisotopic (exact) mass is 548 g/mol. The van der Waals surface area contributed by atoms with E-state index >= 15 is 0 Å². The van der Waals surface area contributed by atoms with Crippen LogP contribution < -0.4 is 0 Å². The fraction of sp³-hybridized carbons (Fsp3) is 0. The van der Waals surface area contributed by atoms with Crippen molar-refractivity contribution in [2.75, 3.05) is 0 Å². The summed E-state index contributed by atoms with van der Waals surface area (Å²) in [7, 11) is 0. The zero-order valence-corrected chi connectivity index (χ0v) is 22.7. The molecule has 0 aliphatic heterocycles. The quantitative estimate of drug-likeness (QED) is 0.202. The second kappa shape index (κ2) is 8.60. The molecule has 0 spiro atoms. The number of rotatable bonds is 2. The van der Waals surface area contributed by atoms with Gasteiger partial charge in [0.15, 0.2) is 5.69 Å². The molecule has 43 heavy (non-hydrogen) atoms. The maximum atomic E-state index is 9.58. The molecular formula is C38H20N4O. The first kappa shape index (κ1) is 23.4. The molecule has 9 rings (SSSR count). The van der Waals surface area contributed by atoms with Crippen LogP contribution in [0.4, 0.5) is 5.69 Å². The number of furan rings is 1. The predicted octanol–water partition coefficient (Wildman–Crippen LogP) is 10.2. The molecule has 0 amide bonds. The van der Waals surface area contributed by atoms with Crippen LogP contribution in [0.3, 0.4) is 0 Å². The Labute approximate surface area is 245 Å². The van der Waals surface area contributed by atoms with E-state index in [-0.39, 0.29) is 0 Å². The second-order valence-corrected chi connectivity index (χ2v) is 10.8. The van der Waals surface area contributed by atoms with Gasteiger partial charge in [-0.15, -0.1) is 0 Å². The van der Waals surface area contributed by atoms with Gasteiger partial charge in [0.2, 0.25) is 0 Å². The third-order valence-corrected chi connectivity index (χ3v) is 8.53. The highest BCUT2D eigenvalue weighted by Crippen LogP contribution is 2.42. The molecular weight excluding hydrogens is 528 g/mol. The summed E-state index contributed by atoms with van der Waals surface area (Å²) in [4.78, 5) is 3.73. The van der Waals surface area contributed by atoms with Crippen LogP contribution in [-0.2, 0) is 0 Å². The zero-order chi connectivity index (χ0) is 28.7. The number of hydrogen-bond acceptors (Lipinski definition) is 2. The average Bonchev–Trinajstić information content (AvgIpc) is 3.71. The number of benzene rings is 6. The van der Waals surface area contributed by atoms with Crippen molar-refractivity contribution in [1.29, 1.82) is 5.26 Å². The molecule has 0 atom stereocenters. The summed E-state index contributed by atoms with van der Waals surface area (Å²) < 4.78 is 10.9. The van der Waals surface area contributed by atoms with Gasteiger partial charge in [-0.25, -0.2) is 4.85 Å². The first-order valence-electron chi connectivity index (χ1n) is 14.0. The summed E-state index contributed by atoms with van der Waals surface area (Å²) in [6, 6.07) is 43.3. The van der Waals surface area contributed by atoms with E-state index in [1.807, 2.05) is 66.7 Å². The molecule has 6 aromatic carbocycles. The van der Waals surface area contributed by atoms with Crippen LogP contribution in [0.15, 0.2) is 126 Å². The first-order valence-corrected chi connectivity index (χ1v) is 14.0. The highest BCUT2D eigenvalue weighted by atomic mass is 16.3. The number of nitrogens with zero attached hydrogens (tertiary/aromatic N) is 4. The van der Waals surface area contributed by atoms with Gasteiger partial charge in [0.25, 0.3) is 0 Å². The van der Waals surface area contributed by atoms with Crippen molar-refractivity contribution in [2.24, 2.45) is 0 Å². The minimum Gasteiger partial charge on any atom is -0.456 e. The Morgan fingerprint density at radius 2 is 1.30 bits per heavy atom. The van der Waals surface area contributed by atoms with Crippen molar-refractivity contribution in [3.63, 3.8) is 0 Å². The largest absolute Gasteiger partial charge is 0.456 e. The van der Waals surface area contributed by atoms with Crippen LogP contribution in [-0.4, -0.2) is 9.13 Å². The van der Waals surface area contributed by atoms with E-state index in [2.05, 4.69) is 74.6 Å². The van der Waals surface area contributed by atoms with Crippen LogP contribution in [0.1, 0.15) is 5.56 Å². The molecule has 0 N–H and O–H groups in total. The molecule has 5 heteroatoms. The SMILES string of the molecule is [C-]#[N+]c1ccc2c(c1)c1ccc3oc4ccccc4c3c1n2-c1cccc(-n2c3ccccc3c3cc(C#N)ccc32)c1. The van der Waals surface area contributed by atoms with Crippen LogP contribution in [0.5, 0.6) is 0 Å². The van der Waals surface area contributed by atoms with Crippen molar-refractivity contribution in [3.8, 4) is 17.4 Å². The van der Waals surface area contributed by atoms with Crippen molar-refractivity contribution in [2.45, 2.75) is 0 Å². The normalized spacial score (nSPS) is 11.7. The first-order chi connectivity index (χ1) is 21.2. The predicted molar refractivity (Wildman–Crippen MR) is 173 cm³/mol. The number of nitriles is 1. The molecule has 0 aliphatic rings. The highest BCUT2D eigenvalue weighted by molar-refractivity contribution is 6.24. The topological polar surface area (TPSA) is 51.1 Å². The van der Waals surface area contributed by atoms with Crippen molar-refractivity contribution in [1.82, 2.24) is 9.13 Å². The lowest BCUT2D eigenvalue weighted by atomic mass is 10.1. The summed E-state index contributed by atoms with van der Waals surface area (Å²) in [6.07, 6.45) is 0. The Balaban J connectivity index is 1.40. The number of hydrogen-bond donors (Lipinski definition) is 0. The summed E-state index contributed by atoms with van der Waals surface area (Å²) in [5.74, 6) is 0. The number of fused-ring (bicyclic) bond motifs is 10. The molecule has 0 unspecified atom stereocenters. The van der Waals surface area contributed by atoms with Crippen molar-refractivity contribution < 1.29 is 4.42 Å². The van der Waals surface area contributed by atoms with E-state index in [9.17, 15) is 5.26 Å². The van der Waals surface area contributed by atoms with Gasteiger partial charge < -0.3 is 13.6 Å². The minimum absolute atomic E-state index is 0.611. The molecule has 0 aliphatic carbocycles. The lowest BCUT2D eigenvalue weighted by molar-refractivity contribution is 0.669. The average molecular weight is 549 g/mol. The Bertz CT molecular complexity index is 2710. The molecule has 198 valence electrons. The number of aromatic nitrogens is 2. The van der Waals surface area contributed by atoms with Gasteiger partial charge in [-0.2, -0.15) is 5.26 Å². The molecule has 3 heterocycles. The van der Waals surface area contributed by atoms with Crippen LogP contribution >= 0.6 is 0 Å². The van der Waals surface area contributed by atoms with Crippen LogP contribution in [0, 0.1) is 17.9 Å². The fourth-order valence-electron chi connectivity index (χ4n) is 6.73. The van der Waals surface area contributed by atoms with E-state index in [1.54, 1.807) is 0 Å². The minimum atomic E-state index is 0.611. The summed E-state index contributed by atoms with van der Waals surface area (Å²) in [5.41, 5.74) is 9.16. The van der Waals surface area contributed by atoms with Crippen molar-refractivity contribution in [3.05, 3.63) is 138 Å². The maximum absolute atomic E-state index is 9.58. The second-order valence-electron chi connectivity index (χ2n) is 10.8. The Kier molecular flexibility index (Phi) is 4.68. The molecule has 0 saturated carbocycles. The fourth-order valence-corrected chi connectivity index (χ4v) is 6.73. The zero-order valence-electron chi connectivity index (χ0n) is 22.7. The molecule has 5 nitrogen and oxygen atoms in total. The lowest BCUT2D eigenvalue weighted by Crippen LogP contribution is -1.98. The van der Waals surface area contributed by atoms with Gasteiger partial charge in [0.05, 0.1) is 45.7 Å². The van der Waals surface area contributed by atoms with E-state index in [4.69, 9.17) is 11.0 Å². The molecule has 3 aromatic heterocycles. The van der Waals surface area contributed by atoms with Gasteiger partial charge in [0, 0.05) is 32.9 Å². The van der Waals surface area contributed by atoms with Gasteiger partial charge in [-0.05, 0) is 78.2 Å². The van der Waals surface area contributed by atoms with Gasteiger partial charge in [0.1, 0.15) is 11.2 Å². The van der Waals surface area contributed by atoms with Crippen LogP contribution in [0.25, 0.3) is 81.8 Å². The van der Waals surface area contributed by atoms with Gasteiger partial charge in [-0.1, -0.05) is 48.5 Å². The highest BCUT2D eigenvalue weighted by Gasteiger charge is 2.20. The van der Waals surface area contributed by atoms with Crippen molar-refractivity contribution >= 4 is 71.2 Å².